The van der Waals surface area contributed by atoms with E-state index in [9.17, 15) is 4.79 Å². The Balaban J connectivity index is 1.64. The average molecular weight is 375 g/mol. The van der Waals surface area contributed by atoms with Crippen molar-refractivity contribution in [2.75, 3.05) is 31.1 Å². The molecule has 0 atom stereocenters. The first-order valence-electron chi connectivity index (χ1n) is 9.85. The first kappa shape index (κ1) is 18.4. The zero-order valence-corrected chi connectivity index (χ0v) is 15.9. The first-order valence-corrected chi connectivity index (χ1v) is 9.85. The number of rotatable bonds is 5. The predicted molar refractivity (Wildman–Crippen MR) is 112 cm³/mol. The fourth-order valence-corrected chi connectivity index (χ4v) is 3.58. The van der Waals surface area contributed by atoms with Gasteiger partial charge in [0.25, 0.3) is 5.91 Å². The van der Waals surface area contributed by atoms with Crippen LogP contribution in [0.4, 0.5) is 5.82 Å². The number of nitrogens with two attached hydrogens (primary N) is 1. The molecule has 0 spiro atoms. The Morgan fingerprint density at radius 3 is 2.68 bits per heavy atom. The highest BCUT2D eigenvalue weighted by Gasteiger charge is 2.13. The molecule has 28 heavy (non-hydrogen) atoms. The summed E-state index contributed by atoms with van der Waals surface area (Å²) in [6.07, 6.45) is 5.57. The van der Waals surface area contributed by atoms with Crippen molar-refractivity contribution in [3.63, 3.8) is 0 Å². The molecule has 0 unspecified atom stereocenters. The van der Waals surface area contributed by atoms with Gasteiger partial charge in [0.05, 0.1) is 17.2 Å². The van der Waals surface area contributed by atoms with Crippen LogP contribution in [-0.4, -0.2) is 42.1 Å². The molecule has 1 amide bonds. The first-order chi connectivity index (χ1) is 13.7. The van der Waals surface area contributed by atoms with Crippen LogP contribution >= 0.6 is 0 Å². The van der Waals surface area contributed by atoms with E-state index >= 15 is 0 Å². The van der Waals surface area contributed by atoms with Gasteiger partial charge >= 0.3 is 0 Å². The van der Waals surface area contributed by atoms with Gasteiger partial charge < -0.3 is 16.0 Å². The zero-order chi connectivity index (χ0) is 19.3. The number of carbonyl (C=O) groups excluding carboxylic acids is 1. The molecule has 4 rings (SSSR count). The Hall–Kier alpha value is -2.99. The molecule has 2 aromatic carbocycles. The van der Waals surface area contributed by atoms with Crippen LogP contribution in [0, 0.1) is 0 Å². The SMILES string of the molecule is NCCNC(=O)c1cccc(-c2ccc3ncc(N4CCCCC4)nc3c2)c1. The Morgan fingerprint density at radius 2 is 1.86 bits per heavy atom. The van der Waals surface area contributed by atoms with Crippen LogP contribution in [0.3, 0.4) is 0 Å². The van der Waals surface area contributed by atoms with Crippen molar-refractivity contribution >= 4 is 22.8 Å². The molecule has 144 valence electrons. The molecule has 1 aliphatic heterocycles. The molecule has 1 aliphatic rings. The van der Waals surface area contributed by atoms with Crippen molar-refractivity contribution in [2.24, 2.45) is 5.73 Å². The van der Waals surface area contributed by atoms with E-state index in [0.717, 1.165) is 41.1 Å². The zero-order valence-electron chi connectivity index (χ0n) is 15.9. The lowest BCUT2D eigenvalue weighted by atomic mass is 10.0. The van der Waals surface area contributed by atoms with Crippen LogP contribution in [0.5, 0.6) is 0 Å². The van der Waals surface area contributed by atoms with Crippen LogP contribution in [0.2, 0.25) is 0 Å². The van der Waals surface area contributed by atoms with Crippen molar-refractivity contribution in [1.82, 2.24) is 15.3 Å². The largest absolute Gasteiger partial charge is 0.355 e. The van der Waals surface area contributed by atoms with Gasteiger partial charge in [-0.05, 0) is 54.7 Å². The molecule has 3 aromatic rings. The minimum atomic E-state index is -0.111. The van der Waals surface area contributed by atoms with Crippen LogP contribution in [-0.2, 0) is 0 Å². The van der Waals surface area contributed by atoms with Crippen molar-refractivity contribution in [1.29, 1.82) is 0 Å². The molecule has 3 N–H and O–H groups in total. The van der Waals surface area contributed by atoms with E-state index < -0.39 is 0 Å². The lowest BCUT2D eigenvalue weighted by molar-refractivity contribution is 0.0955. The molecular weight excluding hydrogens is 350 g/mol. The lowest BCUT2D eigenvalue weighted by Gasteiger charge is -2.27. The minimum absolute atomic E-state index is 0.111. The molecule has 0 radical (unpaired) electrons. The molecule has 0 saturated carbocycles. The van der Waals surface area contributed by atoms with E-state index in [4.69, 9.17) is 10.7 Å². The summed E-state index contributed by atoms with van der Waals surface area (Å²) in [5.74, 6) is 0.833. The van der Waals surface area contributed by atoms with Gasteiger partial charge in [0.15, 0.2) is 0 Å². The van der Waals surface area contributed by atoms with E-state index in [0.29, 0.717) is 18.7 Å². The maximum atomic E-state index is 12.2. The number of piperidine rings is 1. The summed E-state index contributed by atoms with van der Waals surface area (Å²) in [5.41, 5.74) is 9.84. The maximum Gasteiger partial charge on any atom is 0.251 e. The second-order valence-electron chi connectivity index (χ2n) is 7.10. The number of carbonyl (C=O) groups is 1. The van der Waals surface area contributed by atoms with Gasteiger partial charge in [-0.25, -0.2) is 4.98 Å². The monoisotopic (exact) mass is 375 g/mol. The number of nitrogens with one attached hydrogen (secondary N) is 1. The molecule has 1 fully saturated rings. The summed E-state index contributed by atoms with van der Waals surface area (Å²) in [4.78, 5) is 24.0. The number of anilines is 1. The average Bonchev–Trinajstić information content (AvgIpc) is 2.77. The number of nitrogens with zero attached hydrogens (tertiary/aromatic N) is 3. The predicted octanol–water partition coefficient (Wildman–Crippen LogP) is 2.98. The van der Waals surface area contributed by atoms with Crippen LogP contribution < -0.4 is 16.0 Å². The number of benzene rings is 2. The number of hydrogen-bond donors (Lipinski definition) is 2. The molecular formula is C22H25N5O. The third kappa shape index (κ3) is 3.97. The second-order valence-corrected chi connectivity index (χ2v) is 7.10. The number of aromatic nitrogens is 2. The van der Waals surface area contributed by atoms with E-state index in [1.54, 1.807) is 0 Å². The quantitative estimate of drug-likeness (QED) is 0.716. The highest BCUT2D eigenvalue weighted by molar-refractivity contribution is 5.95. The van der Waals surface area contributed by atoms with Crippen LogP contribution in [0.25, 0.3) is 22.2 Å². The van der Waals surface area contributed by atoms with E-state index in [2.05, 4.69) is 15.2 Å². The van der Waals surface area contributed by atoms with Gasteiger partial charge in [0.2, 0.25) is 0 Å². The molecule has 0 bridgehead atoms. The van der Waals surface area contributed by atoms with Crippen molar-refractivity contribution in [3.05, 3.63) is 54.2 Å². The van der Waals surface area contributed by atoms with Gasteiger partial charge in [0.1, 0.15) is 5.82 Å². The van der Waals surface area contributed by atoms with Crippen LogP contribution in [0.15, 0.2) is 48.7 Å². The van der Waals surface area contributed by atoms with Gasteiger partial charge in [0, 0.05) is 31.7 Å². The Morgan fingerprint density at radius 1 is 1.04 bits per heavy atom. The number of fused-ring (bicyclic) bond motifs is 1. The third-order valence-corrected chi connectivity index (χ3v) is 5.10. The number of amides is 1. The molecule has 1 saturated heterocycles. The summed E-state index contributed by atoms with van der Waals surface area (Å²) in [7, 11) is 0. The van der Waals surface area contributed by atoms with E-state index in [1.807, 2.05) is 48.7 Å². The minimum Gasteiger partial charge on any atom is -0.355 e. The second kappa shape index (κ2) is 8.35. The Labute approximate surface area is 164 Å². The maximum absolute atomic E-state index is 12.2. The lowest BCUT2D eigenvalue weighted by Crippen LogP contribution is -2.30. The molecule has 6 nitrogen and oxygen atoms in total. The standard InChI is InChI=1S/C22H25N5O/c23-9-10-24-22(28)18-6-4-5-16(13-18)17-7-8-19-20(14-17)26-21(15-25-19)27-11-2-1-3-12-27/h4-8,13-15H,1-3,9-12,23H2,(H,24,28). The van der Waals surface area contributed by atoms with Gasteiger partial charge in [-0.15, -0.1) is 0 Å². The Bertz CT molecular complexity index is 982. The van der Waals surface area contributed by atoms with Crippen LogP contribution in [0.1, 0.15) is 29.6 Å². The van der Waals surface area contributed by atoms with Gasteiger partial charge in [-0.2, -0.15) is 0 Å². The van der Waals surface area contributed by atoms with Gasteiger partial charge in [-0.3, -0.25) is 9.78 Å². The summed E-state index contributed by atoms with van der Waals surface area (Å²) in [6, 6.07) is 13.7. The Kier molecular flexibility index (Phi) is 5.48. The molecule has 2 heterocycles. The molecule has 0 aliphatic carbocycles. The number of hydrogen-bond acceptors (Lipinski definition) is 5. The summed E-state index contributed by atoms with van der Waals surface area (Å²) < 4.78 is 0. The normalized spacial score (nSPS) is 14.2. The fraction of sp³-hybridized carbons (Fsp3) is 0.318. The van der Waals surface area contributed by atoms with E-state index in [1.165, 1.54) is 19.3 Å². The summed E-state index contributed by atoms with van der Waals surface area (Å²) in [5, 5.41) is 2.81. The smallest absolute Gasteiger partial charge is 0.251 e. The topological polar surface area (TPSA) is 84.1 Å². The summed E-state index contributed by atoms with van der Waals surface area (Å²) >= 11 is 0. The van der Waals surface area contributed by atoms with Crippen molar-refractivity contribution in [2.45, 2.75) is 19.3 Å². The third-order valence-electron chi connectivity index (χ3n) is 5.10. The highest BCUT2D eigenvalue weighted by atomic mass is 16.1. The van der Waals surface area contributed by atoms with Crippen molar-refractivity contribution < 1.29 is 4.79 Å². The van der Waals surface area contributed by atoms with Crippen molar-refractivity contribution in [3.8, 4) is 11.1 Å². The van der Waals surface area contributed by atoms with Gasteiger partial charge in [-0.1, -0.05) is 18.2 Å². The molecule has 1 aromatic heterocycles. The molecule has 6 heteroatoms. The van der Waals surface area contributed by atoms with E-state index in [-0.39, 0.29) is 5.91 Å². The summed E-state index contributed by atoms with van der Waals surface area (Å²) in [6.45, 7) is 2.97. The highest BCUT2D eigenvalue weighted by Crippen LogP contribution is 2.25. The fourth-order valence-electron chi connectivity index (χ4n) is 3.58.